The van der Waals surface area contributed by atoms with Crippen LogP contribution in [0, 0.1) is 17.8 Å². The lowest BCUT2D eigenvalue weighted by Crippen LogP contribution is -2.45. The van der Waals surface area contributed by atoms with Crippen LogP contribution in [0.1, 0.15) is 57.3 Å². The summed E-state index contributed by atoms with van der Waals surface area (Å²) in [7, 11) is 0. The molecule has 1 aromatic carbocycles. The van der Waals surface area contributed by atoms with Crippen LogP contribution >= 0.6 is 0 Å². The van der Waals surface area contributed by atoms with Crippen molar-refractivity contribution in [3.63, 3.8) is 0 Å². The second-order valence-electron chi connectivity index (χ2n) is 7.75. The van der Waals surface area contributed by atoms with E-state index >= 15 is 0 Å². The first-order valence-electron chi connectivity index (χ1n) is 9.56. The van der Waals surface area contributed by atoms with Crippen LogP contribution in [-0.4, -0.2) is 31.1 Å². The second kappa shape index (κ2) is 9.60. The molecule has 1 aliphatic rings. The van der Waals surface area contributed by atoms with E-state index in [-0.39, 0.29) is 18.6 Å². The van der Waals surface area contributed by atoms with Crippen LogP contribution in [0.5, 0.6) is 5.75 Å². The molecule has 3 atom stereocenters. The van der Waals surface area contributed by atoms with E-state index in [0.29, 0.717) is 35.7 Å². The highest BCUT2D eigenvalue weighted by Crippen LogP contribution is 2.29. The summed E-state index contributed by atoms with van der Waals surface area (Å²) >= 11 is 0. The fraction of sp³-hybridized carbons (Fsp3) is 0.619. The van der Waals surface area contributed by atoms with Gasteiger partial charge in [-0.15, -0.1) is 0 Å². The summed E-state index contributed by atoms with van der Waals surface area (Å²) in [4.78, 5) is 24.2. The average Bonchev–Trinajstić information content (AvgIpc) is 2.62. The van der Waals surface area contributed by atoms with Crippen LogP contribution in [-0.2, 0) is 9.53 Å². The predicted molar refractivity (Wildman–Crippen MR) is 101 cm³/mol. The molecular formula is C21H31NO4. The SMILES string of the molecule is CC(C)COc1ccc(C(=O)OCC(=O)N[C@H]2CCC[C@@H](C)[C@H]2C)cc1. The molecule has 1 amide bonds. The predicted octanol–water partition coefficient (Wildman–Crippen LogP) is 3.82. The molecule has 2 rings (SSSR count). The lowest BCUT2D eigenvalue weighted by Gasteiger charge is -2.34. The summed E-state index contributed by atoms with van der Waals surface area (Å²) in [6.45, 7) is 8.92. The molecule has 144 valence electrons. The van der Waals surface area contributed by atoms with E-state index in [9.17, 15) is 9.59 Å². The number of rotatable bonds is 7. The van der Waals surface area contributed by atoms with Crippen molar-refractivity contribution in [1.82, 2.24) is 5.32 Å². The first kappa shape index (κ1) is 20.3. The maximum atomic E-state index is 12.1. The smallest absolute Gasteiger partial charge is 0.338 e. The van der Waals surface area contributed by atoms with Gasteiger partial charge in [0, 0.05) is 6.04 Å². The van der Waals surface area contributed by atoms with Crippen LogP contribution in [0.25, 0.3) is 0 Å². The molecule has 1 aromatic rings. The van der Waals surface area contributed by atoms with E-state index in [2.05, 4.69) is 33.0 Å². The topological polar surface area (TPSA) is 64.6 Å². The van der Waals surface area contributed by atoms with Gasteiger partial charge in [0.1, 0.15) is 5.75 Å². The molecule has 5 heteroatoms. The van der Waals surface area contributed by atoms with Crippen molar-refractivity contribution in [3.8, 4) is 5.75 Å². The summed E-state index contributed by atoms with van der Waals surface area (Å²) in [6.07, 6.45) is 3.32. The number of carbonyl (C=O) groups is 2. The van der Waals surface area contributed by atoms with Gasteiger partial charge in [-0.1, -0.05) is 40.5 Å². The summed E-state index contributed by atoms with van der Waals surface area (Å²) in [5, 5.41) is 3.01. The zero-order valence-electron chi connectivity index (χ0n) is 16.3. The van der Waals surface area contributed by atoms with E-state index in [1.807, 2.05) is 0 Å². The Bertz CT molecular complexity index is 597. The van der Waals surface area contributed by atoms with Crippen molar-refractivity contribution in [2.45, 2.75) is 53.0 Å². The van der Waals surface area contributed by atoms with Crippen LogP contribution in [0.4, 0.5) is 0 Å². The lowest BCUT2D eigenvalue weighted by atomic mass is 9.78. The first-order valence-corrected chi connectivity index (χ1v) is 9.56. The number of hydrogen-bond acceptors (Lipinski definition) is 4. The second-order valence-corrected chi connectivity index (χ2v) is 7.75. The Balaban J connectivity index is 1.77. The van der Waals surface area contributed by atoms with Gasteiger partial charge < -0.3 is 14.8 Å². The van der Waals surface area contributed by atoms with Crippen LogP contribution in [0.3, 0.4) is 0 Å². The van der Waals surface area contributed by atoms with E-state index in [0.717, 1.165) is 12.8 Å². The molecule has 0 aromatic heterocycles. The number of amides is 1. The minimum atomic E-state index is -0.499. The highest BCUT2D eigenvalue weighted by Gasteiger charge is 2.28. The molecule has 0 bridgehead atoms. The average molecular weight is 361 g/mol. The zero-order valence-corrected chi connectivity index (χ0v) is 16.3. The van der Waals surface area contributed by atoms with Gasteiger partial charge in [-0.05, 0) is 48.4 Å². The fourth-order valence-electron chi connectivity index (χ4n) is 3.20. The molecule has 1 saturated carbocycles. The van der Waals surface area contributed by atoms with Gasteiger partial charge in [-0.25, -0.2) is 4.79 Å². The maximum Gasteiger partial charge on any atom is 0.338 e. The minimum Gasteiger partial charge on any atom is -0.493 e. The Labute approximate surface area is 156 Å². The molecule has 1 aliphatic carbocycles. The third-order valence-corrected chi connectivity index (χ3v) is 5.06. The molecule has 0 heterocycles. The fourth-order valence-corrected chi connectivity index (χ4v) is 3.20. The van der Waals surface area contributed by atoms with Gasteiger partial charge in [-0.3, -0.25) is 4.79 Å². The van der Waals surface area contributed by atoms with Gasteiger partial charge in [-0.2, -0.15) is 0 Å². The van der Waals surface area contributed by atoms with Crippen LogP contribution in [0.2, 0.25) is 0 Å². The summed E-state index contributed by atoms with van der Waals surface area (Å²) in [5.41, 5.74) is 0.411. The Morgan fingerprint density at radius 3 is 2.50 bits per heavy atom. The Morgan fingerprint density at radius 1 is 1.15 bits per heavy atom. The first-order chi connectivity index (χ1) is 12.4. The maximum absolute atomic E-state index is 12.1. The van der Waals surface area contributed by atoms with Gasteiger partial charge >= 0.3 is 5.97 Å². The molecule has 5 nitrogen and oxygen atoms in total. The molecule has 1 N–H and O–H groups in total. The van der Waals surface area contributed by atoms with E-state index in [1.54, 1.807) is 24.3 Å². The van der Waals surface area contributed by atoms with E-state index < -0.39 is 5.97 Å². The normalized spacial score (nSPS) is 22.7. The summed E-state index contributed by atoms with van der Waals surface area (Å²) in [5.74, 6) is 1.47. The van der Waals surface area contributed by atoms with E-state index in [1.165, 1.54) is 6.42 Å². The number of carbonyl (C=O) groups excluding carboxylic acids is 2. The van der Waals surface area contributed by atoms with Crippen molar-refractivity contribution in [2.75, 3.05) is 13.2 Å². The standard InChI is InChI=1S/C21H31NO4/c1-14(2)12-25-18-10-8-17(9-11-18)21(24)26-13-20(23)22-19-7-5-6-15(3)16(19)4/h8-11,14-16,19H,5-7,12-13H2,1-4H3,(H,22,23)/t15-,16-,19+/m1/s1. The number of hydrogen-bond donors (Lipinski definition) is 1. The van der Waals surface area contributed by atoms with Gasteiger partial charge in [0.05, 0.1) is 12.2 Å². The Kier molecular flexibility index (Phi) is 7.49. The van der Waals surface area contributed by atoms with Gasteiger partial charge in [0.15, 0.2) is 6.61 Å². The Morgan fingerprint density at radius 2 is 1.85 bits per heavy atom. The number of esters is 1. The highest BCUT2D eigenvalue weighted by molar-refractivity contribution is 5.91. The monoisotopic (exact) mass is 361 g/mol. The van der Waals surface area contributed by atoms with Gasteiger partial charge in [0.2, 0.25) is 0 Å². The lowest BCUT2D eigenvalue weighted by molar-refractivity contribution is -0.125. The summed E-state index contributed by atoms with van der Waals surface area (Å²) < 4.78 is 10.7. The molecule has 0 unspecified atom stereocenters. The molecule has 0 spiro atoms. The third-order valence-electron chi connectivity index (χ3n) is 5.06. The van der Waals surface area contributed by atoms with Gasteiger partial charge in [0.25, 0.3) is 5.91 Å². The third kappa shape index (κ3) is 6.04. The number of benzene rings is 1. The minimum absolute atomic E-state index is 0.169. The van der Waals surface area contributed by atoms with Crippen LogP contribution < -0.4 is 10.1 Å². The van der Waals surface area contributed by atoms with Crippen molar-refractivity contribution >= 4 is 11.9 Å². The summed E-state index contributed by atoms with van der Waals surface area (Å²) in [6, 6.07) is 6.96. The van der Waals surface area contributed by atoms with Crippen molar-refractivity contribution in [2.24, 2.45) is 17.8 Å². The molecule has 26 heavy (non-hydrogen) atoms. The van der Waals surface area contributed by atoms with Crippen molar-refractivity contribution in [1.29, 1.82) is 0 Å². The van der Waals surface area contributed by atoms with Crippen LogP contribution in [0.15, 0.2) is 24.3 Å². The number of nitrogens with one attached hydrogen (secondary N) is 1. The molecule has 0 aliphatic heterocycles. The Hall–Kier alpha value is -2.04. The zero-order chi connectivity index (χ0) is 19.1. The highest BCUT2D eigenvalue weighted by atomic mass is 16.5. The van der Waals surface area contributed by atoms with Crippen molar-refractivity contribution in [3.05, 3.63) is 29.8 Å². The molecule has 0 saturated heterocycles. The van der Waals surface area contributed by atoms with Crippen molar-refractivity contribution < 1.29 is 19.1 Å². The molecule has 1 fully saturated rings. The van der Waals surface area contributed by atoms with E-state index in [4.69, 9.17) is 9.47 Å². The number of ether oxygens (including phenoxy) is 2. The largest absolute Gasteiger partial charge is 0.493 e. The quantitative estimate of drug-likeness (QED) is 0.750. The molecule has 0 radical (unpaired) electrons. The molecular weight excluding hydrogens is 330 g/mol.